The van der Waals surface area contributed by atoms with Gasteiger partial charge in [0.2, 0.25) is 5.91 Å². The number of likely N-dealkylation sites (N-methyl/N-ethyl adjacent to an activating group) is 1. The van der Waals surface area contributed by atoms with Crippen molar-refractivity contribution in [3.05, 3.63) is 0 Å². The molecule has 2 aliphatic carbocycles. The van der Waals surface area contributed by atoms with Crippen LogP contribution in [-0.2, 0) is 9.59 Å². The van der Waals surface area contributed by atoms with Crippen LogP contribution in [0.1, 0.15) is 72.6 Å². The van der Waals surface area contributed by atoms with Gasteiger partial charge in [-0.3, -0.25) is 19.4 Å². The molecule has 29 heavy (non-hydrogen) atoms. The van der Waals surface area contributed by atoms with Crippen molar-refractivity contribution in [2.45, 2.75) is 90.3 Å². The van der Waals surface area contributed by atoms with Crippen LogP contribution in [0, 0.1) is 11.3 Å². The van der Waals surface area contributed by atoms with Crippen LogP contribution in [0.2, 0.25) is 0 Å². The van der Waals surface area contributed by atoms with Gasteiger partial charge in [-0.2, -0.15) is 0 Å². The first kappa shape index (κ1) is 22.1. The maximum atomic E-state index is 13.1. The van der Waals surface area contributed by atoms with E-state index in [9.17, 15) is 14.4 Å². The number of rotatable bonds is 8. The molecule has 1 unspecified atom stereocenters. The van der Waals surface area contributed by atoms with Crippen molar-refractivity contribution in [1.29, 1.82) is 0 Å². The number of amides is 4. The largest absolute Gasteiger partial charge is 0.353 e. The maximum Gasteiger partial charge on any atom is 0.325 e. The fourth-order valence-electron chi connectivity index (χ4n) is 4.79. The summed E-state index contributed by atoms with van der Waals surface area (Å²) in [6, 6.07) is 0.431. The second-order valence-corrected chi connectivity index (χ2v) is 10.1. The normalized spacial score (nSPS) is 28.8. The summed E-state index contributed by atoms with van der Waals surface area (Å²) in [5, 5.41) is 5.81. The highest BCUT2D eigenvalue weighted by atomic mass is 16.2. The second-order valence-electron chi connectivity index (χ2n) is 10.1. The summed E-state index contributed by atoms with van der Waals surface area (Å²) in [7, 11) is 2.08. The summed E-state index contributed by atoms with van der Waals surface area (Å²) in [6.45, 7) is 9.17. The summed E-state index contributed by atoms with van der Waals surface area (Å²) < 4.78 is 0. The molecule has 1 spiro atoms. The lowest BCUT2D eigenvalue weighted by atomic mass is 9.65. The van der Waals surface area contributed by atoms with E-state index in [4.69, 9.17) is 0 Å². The summed E-state index contributed by atoms with van der Waals surface area (Å²) >= 11 is 0. The van der Waals surface area contributed by atoms with E-state index < -0.39 is 11.6 Å². The maximum absolute atomic E-state index is 13.1. The molecule has 0 aromatic carbocycles. The average Bonchev–Trinajstić information content (AvgIpc) is 3.51. The number of imide groups is 1. The first-order valence-corrected chi connectivity index (χ1v) is 11.2. The zero-order valence-corrected chi connectivity index (χ0v) is 18.7. The Labute approximate surface area is 174 Å². The number of urea groups is 1. The van der Waals surface area contributed by atoms with Gasteiger partial charge in [0, 0.05) is 18.6 Å². The van der Waals surface area contributed by atoms with Crippen LogP contribution in [0.3, 0.4) is 0 Å². The van der Waals surface area contributed by atoms with Crippen molar-refractivity contribution in [2.75, 3.05) is 20.1 Å². The zero-order chi connectivity index (χ0) is 21.4. The van der Waals surface area contributed by atoms with E-state index in [1.807, 2.05) is 0 Å². The Kier molecular flexibility index (Phi) is 6.27. The number of nitrogens with zero attached hydrogens (tertiary/aromatic N) is 2. The van der Waals surface area contributed by atoms with Gasteiger partial charge >= 0.3 is 6.03 Å². The van der Waals surface area contributed by atoms with Gasteiger partial charge in [-0.15, -0.1) is 0 Å². The van der Waals surface area contributed by atoms with Gasteiger partial charge in [-0.05, 0) is 63.8 Å². The third-order valence-corrected chi connectivity index (χ3v) is 7.82. The van der Waals surface area contributed by atoms with Crippen LogP contribution in [0.5, 0.6) is 0 Å². The molecule has 2 saturated carbocycles. The van der Waals surface area contributed by atoms with Gasteiger partial charge in [0.1, 0.15) is 12.1 Å². The standard InChI is InChI=1S/C22H38N4O3/c1-6-21(3,4)16-9-11-22(12-10-16)19(28)26(20(29)24-22)14-18(27)23-13-15(2)25(5)17-7-8-17/h15-17H,6-14H2,1-5H3,(H,23,27)(H,24,29). The zero-order valence-electron chi connectivity index (χ0n) is 18.7. The molecule has 1 atom stereocenters. The molecule has 1 heterocycles. The molecule has 0 aromatic heterocycles. The topological polar surface area (TPSA) is 81.8 Å². The smallest absolute Gasteiger partial charge is 0.325 e. The highest BCUT2D eigenvalue weighted by Gasteiger charge is 2.53. The van der Waals surface area contributed by atoms with Gasteiger partial charge in [0.25, 0.3) is 5.91 Å². The number of nitrogens with one attached hydrogen (secondary N) is 2. The molecule has 0 radical (unpaired) electrons. The third-order valence-electron chi connectivity index (χ3n) is 7.82. The highest BCUT2D eigenvalue weighted by molar-refractivity contribution is 6.09. The van der Waals surface area contributed by atoms with Crippen molar-refractivity contribution >= 4 is 17.8 Å². The molecule has 1 aliphatic heterocycles. The van der Waals surface area contributed by atoms with E-state index in [1.165, 1.54) is 12.8 Å². The molecule has 0 aromatic rings. The number of hydrogen-bond donors (Lipinski definition) is 2. The fourth-order valence-corrected chi connectivity index (χ4v) is 4.79. The van der Waals surface area contributed by atoms with Gasteiger partial charge in [0.15, 0.2) is 0 Å². The molecule has 7 nitrogen and oxygen atoms in total. The molecular weight excluding hydrogens is 368 g/mol. The van der Waals surface area contributed by atoms with Crippen molar-refractivity contribution < 1.29 is 14.4 Å². The highest BCUT2D eigenvalue weighted by Crippen LogP contribution is 2.45. The van der Waals surface area contributed by atoms with Gasteiger partial charge in [-0.25, -0.2) is 4.79 Å². The number of carbonyl (C=O) groups excluding carboxylic acids is 3. The molecular formula is C22H38N4O3. The Morgan fingerprint density at radius 1 is 1.28 bits per heavy atom. The lowest BCUT2D eigenvalue weighted by molar-refractivity contribution is -0.136. The Morgan fingerprint density at radius 2 is 1.90 bits per heavy atom. The van der Waals surface area contributed by atoms with Gasteiger partial charge in [0.05, 0.1) is 0 Å². The average molecular weight is 407 g/mol. The van der Waals surface area contributed by atoms with Crippen molar-refractivity contribution in [2.24, 2.45) is 11.3 Å². The molecule has 3 rings (SSSR count). The number of hydrogen-bond acceptors (Lipinski definition) is 4. The number of carbonyl (C=O) groups is 3. The van der Waals surface area contributed by atoms with Crippen LogP contribution < -0.4 is 10.6 Å². The Balaban J connectivity index is 1.52. The van der Waals surface area contributed by atoms with E-state index in [0.29, 0.717) is 31.3 Å². The molecule has 2 N–H and O–H groups in total. The van der Waals surface area contributed by atoms with Crippen LogP contribution in [0.4, 0.5) is 4.79 Å². The van der Waals surface area contributed by atoms with E-state index in [-0.39, 0.29) is 29.8 Å². The fraction of sp³-hybridized carbons (Fsp3) is 0.864. The van der Waals surface area contributed by atoms with Crippen molar-refractivity contribution in [1.82, 2.24) is 20.4 Å². The van der Waals surface area contributed by atoms with Gasteiger partial charge in [-0.1, -0.05) is 27.2 Å². The molecule has 164 valence electrons. The minimum atomic E-state index is -0.808. The lowest BCUT2D eigenvalue weighted by Gasteiger charge is -2.42. The summed E-state index contributed by atoms with van der Waals surface area (Å²) in [4.78, 5) is 41.3. The quantitative estimate of drug-likeness (QED) is 0.607. The minimum absolute atomic E-state index is 0.198. The first-order valence-electron chi connectivity index (χ1n) is 11.2. The predicted octanol–water partition coefficient (Wildman–Crippen LogP) is 2.50. The van der Waals surface area contributed by atoms with Crippen molar-refractivity contribution in [3.8, 4) is 0 Å². The monoisotopic (exact) mass is 406 g/mol. The Morgan fingerprint density at radius 3 is 2.45 bits per heavy atom. The molecule has 7 heteroatoms. The summed E-state index contributed by atoms with van der Waals surface area (Å²) in [5.74, 6) is 0.0565. The second kappa shape index (κ2) is 8.25. The van der Waals surface area contributed by atoms with E-state index in [2.05, 4.69) is 50.3 Å². The third kappa shape index (κ3) is 4.60. The molecule has 3 fully saturated rings. The van der Waals surface area contributed by atoms with Gasteiger partial charge < -0.3 is 10.6 Å². The predicted molar refractivity (Wildman–Crippen MR) is 112 cm³/mol. The van der Waals surface area contributed by atoms with Crippen LogP contribution >= 0.6 is 0 Å². The summed E-state index contributed by atoms with van der Waals surface area (Å²) in [6.07, 6.45) is 6.71. The van der Waals surface area contributed by atoms with Crippen LogP contribution in [0.25, 0.3) is 0 Å². The molecule has 1 saturated heterocycles. The van der Waals surface area contributed by atoms with Crippen molar-refractivity contribution in [3.63, 3.8) is 0 Å². The van der Waals surface area contributed by atoms with Crippen LogP contribution in [-0.4, -0.2) is 65.4 Å². The summed E-state index contributed by atoms with van der Waals surface area (Å²) in [5.41, 5.74) is -0.561. The Bertz CT molecular complexity index is 650. The minimum Gasteiger partial charge on any atom is -0.353 e. The van der Waals surface area contributed by atoms with Crippen LogP contribution in [0.15, 0.2) is 0 Å². The Hall–Kier alpha value is -1.63. The molecule has 0 bridgehead atoms. The van der Waals surface area contributed by atoms with E-state index in [1.54, 1.807) is 0 Å². The SMILES string of the molecule is CCC(C)(C)C1CCC2(CC1)NC(=O)N(CC(=O)NCC(C)N(C)C1CC1)C2=O. The van der Waals surface area contributed by atoms with E-state index >= 15 is 0 Å². The lowest BCUT2D eigenvalue weighted by Crippen LogP contribution is -2.51. The molecule has 3 aliphatic rings. The van der Waals surface area contributed by atoms with E-state index in [0.717, 1.165) is 24.2 Å². The molecule has 4 amide bonds. The first-order chi connectivity index (χ1) is 13.6.